The number of nitrogen functional groups attached to an aromatic ring is 1. The van der Waals surface area contributed by atoms with Crippen LogP contribution in [0.25, 0.3) is 5.69 Å². The fourth-order valence-electron chi connectivity index (χ4n) is 1.86. The Morgan fingerprint density at radius 3 is 2.94 bits per heavy atom. The van der Waals surface area contributed by atoms with Gasteiger partial charge < -0.3 is 5.73 Å². The predicted molar refractivity (Wildman–Crippen MR) is 64.4 cm³/mol. The Bertz CT molecular complexity index is 568. The monoisotopic (exact) mass is 227 g/mol. The van der Waals surface area contributed by atoms with Crippen molar-refractivity contribution in [1.29, 1.82) is 5.41 Å². The number of hydrogen-bond acceptors (Lipinski definition) is 3. The Morgan fingerprint density at radius 2 is 2.24 bits per heavy atom. The number of rotatable bonds is 3. The van der Waals surface area contributed by atoms with E-state index in [4.69, 9.17) is 11.1 Å². The van der Waals surface area contributed by atoms with Gasteiger partial charge in [-0.1, -0.05) is 0 Å². The predicted octanol–water partition coefficient (Wildman–Crippen LogP) is 1.43. The van der Waals surface area contributed by atoms with Crippen molar-refractivity contribution in [2.45, 2.75) is 18.8 Å². The molecule has 0 amide bonds. The van der Waals surface area contributed by atoms with E-state index in [1.54, 1.807) is 10.9 Å². The van der Waals surface area contributed by atoms with E-state index in [0.717, 1.165) is 11.4 Å². The van der Waals surface area contributed by atoms with Crippen LogP contribution >= 0.6 is 0 Å². The number of nitrogens with one attached hydrogen (secondary N) is 1. The van der Waals surface area contributed by atoms with Gasteiger partial charge in [0.15, 0.2) is 0 Å². The summed E-state index contributed by atoms with van der Waals surface area (Å²) >= 11 is 0. The first-order chi connectivity index (χ1) is 8.25. The first-order valence-electron chi connectivity index (χ1n) is 5.61. The Balaban J connectivity index is 2.04. The fraction of sp³-hybridized carbons (Fsp3) is 0.250. The molecule has 0 aliphatic heterocycles. The first-order valence-corrected chi connectivity index (χ1v) is 5.61. The Morgan fingerprint density at radius 1 is 1.41 bits per heavy atom. The van der Waals surface area contributed by atoms with Gasteiger partial charge in [-0.3, -0.25) is 10.4 Å². The van der Waals surface area contributed by atoms with Crippen molar-refractivity contribution < 1.29 is 0 Å². The van der Waals surface area contributed by atoms with Crippen LogP contribution in [-0.4, -0.2) is 20.6 Å². The van der Waals surface area contributed by atoms with Crippen LogP contribution in [0.5, 0.6) is 0 Å². The van der Waals surface area contributed by atoms with Gasteiger partial charge in [0.05, 0.1) is 11.4 Å². The van der Waals surface area contributed by atoms with Crippen LogP contribution in [0.3, 0.4) is 0 Å². The minimum atomic E-state index is -0.0379. The van der Waals surface area contributed by atoms with E-state index < -0.39 is 0 Å². The average molecular weight is 227 g/mol. The molecule has 0 aromatic carbocycles. The van der Waals surface area contributed by atoms with E-state index in [-0.39, 0.29) is 5.84 Å². The molecular weight excluding hydrogens is 214 g/mol. The third kappa shape index (κ3) is 1.80. The lowest BCUT2D eigenvalue weighted by Gasteiger charge is -2.06. The van der Waals surface area contributed by atoms with Crippen LogP contribution < -0.4 is 5.73 Å². The average Bonchev–Trinajstić information content (AvgIpc) is 3.07. The van der Waals surface area contributed by atoms with E-state index in [1.165, 1.54) is 12.8 Å². The molecule has 0 atom stereocenters. The number of amidine groups is 1. The largest absolute Gasteiger partial charge is 0.382 e. The van der Waals surface area contributed by atoms with Gasteiger partial charge in [-0.15, -0.1) is 0 Å². The molecule has 0 spiro atoms. The van der Waals surface area contributed by atoms with E-state index >= 15 is 0 Å². The van der Waals surface area contributed by atoms with Crippen molar-refractivity contribution in [3.8, 4) is 5.69 Å². The molecule has 3 rings (SSSR count). The molecule has 2 heterocycles. The number of pyridine rings is 1. The summed E-state index contributed by atoms with van der Waals surface area (Å²) in [5, 5.41) is 12.0. The summed E-state index contributed by atoms with van der Waals surface area (Å²) in [6, 6.07) is 5.71. The maximum Gasteiger partial charge on any atom is 0.144 e. The summed E-state index contributed by atoms with van der Waals surface area (Å²) in [6.45, 7) is 0. The minimum Gasteiger partial charge on any atom is -0.382 e. The molecule has 1 saturated carbocycles. The van der Waals surface area contributed by atoms with E-state index in [0.29, 0.717) is 11.6 Å². The van der Waals surface area contributed by atoms with Crippen LogP contribution in [0.15, 0.2) is 30.6 Å². The maximum absolute atomic E-state index is 7.50. The molecule has 1 fully saturated rings. The molecule has 17 heavy (non-hydrogen) atoms. The Hall–Kier alpha value is -2.17. The van der Waals surface area contributed by atoms with Crippen molar-refractivity contribution in [1.82, 2.24) is 14.8 Å². The summed E-state index contributed by atoms with van der Waals surface area (Å²) in [4.78, 5) is 4.11. The van der Waals surface area contributed by atoms with E-state index in [1.807, 2.05) is 24.4 Å². The molecule has 1 aliphatic rings. The summed E-state index contributed by atoms with van der Waals surface area (Å²) < 4.78 is 1.75. The standard InChI is InChI=1S/C12H13N5/c13-12(14)11-10(2-1-6-15-11)17-7-5-9(16-17)8-3-4-8/h1-2,5-8H,3-4H2,(H3,13,14). The van der Waals surface area contributed by atoms with Gasteiger partial charge in [0.1, 0.15) is 11.5 Å². The van der Waals surface area contributed by atoms with E-state index in [9.17, 15) is 0 Å². The summed E-state index contributed by atoms with van der Waals surface area (Å²) in [6.07, 6.45) is 5.98. The molecule has 2 aromatic rings. The zero-order chi connectivity index (χ0) is 11.8. The highest BCUT2D eigenvalue weighted by molar-refractivity contribution is 5.96. The highest BCUT2D eigenvalue weighted by atomic mass is 15.3. The van der Waals surface area contributed by atoms with Crippen molar-refractivity contribution in [3.05, 3.63) is 42.0 Å². The van der Waals surface area contributed by atoms with Gasteiger partial charge >= 0.3 is 0 Å². The smallest absolute Gasteiger partial charge is 0.144 e. The third-order valence-corrected chi connectivity index (χ3v) is 2.89. The lowest BCUT2D eigenvalue weighted by molar-refractivity contribution is 0.830. The fourth-order valence-corrected chi connectivity index (χ4v) is 1.86. The second kappa shape index (κ2) is 3.69. The van der Waals surface area contributed by atoms with Crippen LogP contribution in [0, 0.1) is 5.41 Å². The summed E-state index contributed by atoms with van der Waals surface area (Å²) in [5.74, 6) is 0.581. The highest BCUT2D eigenvalue weighted by Crippen LogP contribution is 2.39. The van der Waals surface area contributed by atoms with Crippen LogP contribution in [0.2, 0.25) is 0 Å². The van der Waals surface area contributed by atoms with Crippen molar-refractivity contribution >= 4 is 5.84 Å². The van der Waals surface area contributed by atoms with Crippen LogP contribution in [-0.2, 0) is 0 Å². The van der Waals surface area contributed by atoms with Crippen molar-refractivity contribution in [3.63, 3.8) is 0 Å². The van der Waals surface area contributed by atoms with Crippen LogP contribution in [0.4, 0.5) is 0 Å². The van der Waals surface area contributed by atoms with Gasteiger partial charge in [0, 0.05) is 18.3 Å². The molecule has 0 radical (unpaired) electrons. The topological polar surface area (TPSA) is 80.6 Å². The Kier molecular flexibility index (Phi) is 2.18. The summed E-state index contributed by atoms with van der Waals surface area (Å²) in [5.41, 5.74) is 7.85. The number of hydrogen-bond donors (Lipinski definition) is 2. The zero-order valence-electron chi connectivity index (χ0n) is 9.30. The maximum atomic E-state index is 7.50. The van der Waals surface area contributed by atoms with Crippen molar-refractivity contribution in [2.24, 2.45) is 5.73 Å². The molecular formula is C12H13N5. The SMILES string of the molecule is N=C(N)c1ncccc1-n1ccc(C2CC2)n1. The van der Waals surface area contributed by atoms with Crippen LogP contribution in [0.1, 0.15) is 30.1 Å². The molecule has 0 unspecified atom stereocenters. The highest BCUT2D eigenvalue weighted by Gasteiger charge is 2.26. The van der Waals surface area contributed by atoms with Crippen molar-refractivity contribution in [2.75, 3.05) is 0 Å². The molecule has 3 N–H and O–H groups in total. The molecule has 86 valence electrons. The van der Waals surface area contributed by atoms with Gasteiger partial charge in [0.2, 0.25) is 0 Å². The minimum absolute atomic E-state index is 0.0379. The lowest BCUT2D eigenvalue weighted by atomic mass is 10.3. The normalized spacial score (nSPS) is 14.8. The molecule has 5 nitrogen and oxygen atoms in total. The van der Waals surface area contributed by atoms with Gasteiger partial charge in [-0.2, -0.15) is 5.10 Å². The van der Waals surface area contributed by atoms with E-state index in [2.05, 4.69) is 10.1 Å². The summed E-state index contributed by atoms with van der Waals surface area (Å²) in [7, 11) is 0. The van der Waals surface area contributed by atoms with Gasteiger partial charge in [0.25, 0.3) is 0 Å². The number of aromatic nitrogens is 3. The van der Waals surface area contributed by atoms with Gasteiger partial charge in [-0.25, -0.2) is 4.68 Å². The molecule has 0 bridgehead atoms. The number of nitrogens with zero attached hydrogens (tertiary/aromatic N) is 3. The second-order valence-corrected chi connectivity index (χ2v) is 4.24. The second-order valence-electron chi connectivity index (χ2n) is 4.24. The molecule has 2 aromatic heterocycles. The number of nitrogens with two attached hydrogens (primary N) is 1. The molecule has 1 aliphatic carbocycles. The zero-order valence-corrected chi connectivity index (χ0v) is 9.30. The van der Waals surface area contributed by atoms with Gasteiger partial charge in [-0.05, 0) is 31.0 Å². The quantitative estimate of drug-likeness (QED) is 0.614. The third-order valence-electron chi connectivity index (χ3n) is 2.89. The first kappa shape index (κ1) is 10.0. The molecule has 0 saturated heterocycles. The lowest BCUT2D eigenvalue weighted by Crippen LogP contribution is -2.16. The molecule has 5 heteroatoms. The Labute approximate surface area is 98.8 Å².